The van der Waals surface area contributed by atoms with Gasteiger partial charge in [0.1, 0.15) is 0 Å². The van der Waals surface area contributed by atoms with E-state index < -0.39 is 0 Å². The molecule has 0 spiro atoms. The zero-order valence-electron chi connectivity index (χ0n) is 12.5. The van der Waals surface area contributed by atoms with Crippen LogP contribution in [0.4, 0.5) is 5.69 Å². The normalized spacial score (nSPS) is 17.4. The minimum Gasteiger partial charge on any atom is -0.379 e. The second kappa shape index (κ2) is 4.14. The van der Waals surface area contributed by atoms with Crippen molar-refractivity contribution in [2.45, 2.75) is 32.7 Å². The molecule has 2 aromatic carbocycles. The van der Waals surface area contributed by atoms with E-state index in [0.29, 0.717) is 0 Å². The highest BCUT2D eigenvalue weighted by molar-refractivity contribution is 6.30. The van der Waals surface area contributed by atoms with Gasteiger partial charge >= 0.3 is 0 Å². The van der Waals surface area contributed by atoms with E-state index in [-0.39, 0.29) is 5.54 Å². The number of halogens is 1. The lowest BCUT2D eigenvalue weighted by atomic mass is 9.89. The van der Waals surface area contributed by atoms with Crippen LogP contribution in [0.3, 0.4) is 0 Å². The number of anilines is 1. The maximum Gasteiger partial charge on any atom is 0.0423 e. The van der Waals surface area contributed by atoms with Gasteiger partial charge in [-0.2, -0.15) is 0 Å². The molecule has 0 saturated carbocycles. The Balaban J connectivity index is 2.01. The summed E-state index contributed by atoms with van der Waals surface area (Å²) >= 11 is 6.12. The molecule has 0 bridgehead atoms. The second-order valence-corrected chi connectivity index (χ2v) is 7.26. The smallest absolute Gasteiger partial charge is 0.0423 e. The Morgan fingerprint density at radius 2 is 1.90 bits per heavy atom. The van der Waals surface area contributed by atoms with Crippen molar-refractivity contribution >= 4 is 28.9 Å². The molecule has 21 heavy (non-hydrogen) atoms. The number of benzene rings is 2. The summed E-state index contributed by atoms with van der Waals surface area (Å²) in [6.45, 7) is 6.76. The highest BCUT2D eigenvalue weighted by Gasteiger charge is 2.24. The number of nitrogens with one attached hydrogen (secondary N) is 1. The predicted molar refractivity (Wildman–Crippen MR) is 91.1 cm³/mol. The molecule has 4 rings (SSSR count). The lowest BCUT2D eigenvalue weighted by Gasteiger charge is -2.32. The molecule has 0 unspecified atom stereocenters. The van der Waals surface area contributed by atoms with Gasteiger partial charge in [-0.1, -0.05) is 23.2 Å². The summed E-state index contributed by atoms with van der Waals surface area (Å²) in [6, 6.07) is 10.8. The highest BCUT2D eigenvalue weighted by Crippen LogP contribution is 2.31. The average Bonchev–Trinajstić information content (AvgIpc) is 2.71. The van der Waals surface area contributed by atoms with Gasteiger partial charge in [-0.3, -0.25) is 0 Å². The molecule has 2 aromatic rings. The van der Waals surface area contributed by atoms with Gasteiger partial charge in [-0.25, -0.2) is 0 Å². The number of fused-ring (bicyclic) bond motifs is 4. The van der Waals surface area contributed by atoms with E-state index in [0.717, 1.165) is 11.4 Å². The Bertz CT molecular complexity index is 891. The summed E-state index contributed by atoms with van der Waals surface area (Å²) < 4.78 is 0. The van der Waals surface area contributed by atoms with Gasteiger partial charge in [0.15, 0.2) is 0 Å². The largest absolute Gasteiger partial charge is 0.379 e. The van der Waals surface area contributed by atoms with Crippen LogP contribution in [-0.4, -0.2) is 5.54 Å². The summed E-state index contributed by atoms with van der Waals surface area (Å²) in [6.07, 6.45) is 3.31. The van der Waals surface area contributed by atoms with Crippen LogP contribution in [0, 0.1) is 0 Å². The molecular formula is C19H18ClN. The fourth-order valence-corrected chi connectivity index (χ4v) is 3.84. The average molecular weight is 296 g/mol. The zero-order valence-corrected chi connectivity index (χ0v) is 13.3. The first-order valence-corrected chi connectivity index (χ1v) is 7.74. The van der Waals surface area contributed by atoms with Crippen LogP contribution in [0.25, 0.3) is 22.8 Å². The van der Waals surface area contributed by atoms with Crippen molar-refractivity contribution in [1.29, 1.82) is 0 Å². The molecule has 0 radical (unpaired) electrons. The van der Waals surface area contributed by atoms with E-state index in [1.165, 1.54) is 38.4 Å². The maximum atomic E-state index is 6.12. The number of hydrogen-bond donors (Lipinski definition) is 1. The summed E-state index contributed by atoms with van der Waals surface area (Å²) in [5.74, 6) is 0. The van der Waals surface area contributed by atoms with Crippen molar-refractivity contribution in [3.05, 3.63) is 51.4 Å². The monoisotopic (exact) mass is 295 g/mol. The molecular weight excluding hydrogens is 278 g/mol. The molecule has 1 aliphatic heterocycles. The van der Waals surface area contributed by atoms with E-state index in [2.05, 4.69) is 50.4 Å². The molecule has 106 valence electrons. The quantitative estimate of drug-likeness (QED) is 0.663. The third kappa shape index (κ3) is 1.99. The van der Waals surface area contributed by atoms with Crippen molar-refractivity contribution in [2.24, 2.45) is 0 Å². The number of hydrogen-bond acceptors (Lipinski definition) is 1. The van der Waals surface area contributed by atoms with Crippen molar-refractivity contribution in [1.82, 2.24) is 0 Å². The standard InChI is InChI=1S/C19H18ClN/c1-11-10-19(2,3)21-18-8-13-6-12-7-14(20)4-5-15(12)17(13)9-16(11)18/h4-9,21H,10H2,1-3H3. The van der Waals surface area contributed by atoms with Crippen molar-refractivity contribution in [2.75, 3.05) is 5.32 Å². The van der Waals surface area contributed by atoms with E-state index in [4.69, 9.17) is 11.6 Å². The molecule has 2 aliphatic rings. The third-order valence-electron chi connectivity index (χ3n) is 4.44. The zero-order chi connectivity index (χ0) is 14.8. The fraction of sp³-hybridized carbons (Fsp3) is 0.263. The molecule has 1 nitrogen and oxygen atoms in total. The van der Waals surface area contributed by atoms with Gasteiger partial charge < -0.3 is 5.32 Å². The third-order valence-corrected chi connectivity index (χ3v) is 4.68. The van der Waals surface area contributed by atoms with Crippen molar-refractivity contribution < 1.29 is 0 Å². The Morgan fingerprint density at radius 1 is 1.10 bits per heavy atom. The van der Waals surface area contributed by atoms with Crippen LogP contribution in [-0.2, 0) is 0 Å². The van der Waals surface area contributed by atoms with Crippen LogP contribution < -0.4 is 15.8 Å². The van der Waals surface area contributed by atoms with Gasteiger partial charge in [0.2, 0.25) is 0 Å². The summed E-state index contributed by atoms with van der Waals surface area (Å²) in [7, 11) is 0. The Labute approximate surface area is 130 Å². The van der Waals surface area contributed by atoms with Crippen LogP contribution in [0.15, 0.2) is 30.3 Å². The lowest BCUT2D eigenvalue weighted by Crippen LogP contribution is -2.39. The first-order chi connectivity index (χ1) is 9.93. The van der Waals surface area contributed by atoms with E-state index in [1.807, 2.05) is 12.1 Å². The first kappa shape index (κ1) is 13.0. The minimum atomic E-state index is 0.125. The van der Waals surface area contributed by atoms with Gasteiger partial charge in [-0.15, -0.1) is 0 Å². The van der Waals surface area contributed by atoms with Crippen LogP contribution >= 0.6 is 11.6 Å². The number of rotatable bonds is 0. The summed E-state index contributed by atoms with van der Waals surface area (Å²) in [5.41, 5.74) is 6.66. The molecule has 1 N–H and O–H groups in total. The Morgan fingerprint density at radius 3 is 2.71 bits per heavy atom. The molecule has 0 amide bonds. The molecule has 2 heteroatoms. The van der Waals surface area contributed by atoms with Gasteiger partial charge in [-0.05, 0) is 84.7 Å². The maximum absolute atomic E-state index is 6.12. The van der Waals surface area contributed by atoms with Gasteiger partial charge in [0.25, 0.3) is 0 Å². The second-order valence-electron chi connectivity index (χ2n) is 6.83. The van der Waals surface area contributed by atoms with E-state index >= 15 is 0 Å². The van der Waals surface area contributed by atoms with Crippen LogP contribution in [0.5, 0.6) is 0 Å². The highest BCUT2D eigenvalue weighted by atomic mass is 35.5. The molecule has 0 fully saturated rings. The van der Waals surface area contributed by atoms with Crippen molar-refractivity contribution in [3.63, 3.8) is 0 Å². The Kier molecular flexibility index (Phi) is 2.56. The lowest BCUT2D eigenvalue weighted by molar-refractivity contribution is 0.573. The van der Waals surface area contributed by atoms with Crippen molar-refractivity contribution in [3.8, 4) is 11.1 Å². The van der Waals surface area contributed by atoms with Crippen LogP contribution in [0.1, 0.15) is 32.8 Å². The predicted octanol–water partition coefficient (Wildman–Crippen LogP) is 3.91. The molecule has 1 heterocycles. The summed E-state index contributed by atoms with van der Waals surface area (Å²) in [4.78, 5) is 0. The summed E-state index contributed by atoms with van der Waals surface area (Å²) in [5, 5.41) is 7.10. The van der Waals surface area contributed by atoms with Gasteiger partial charge in [0.05, 0.1) is 0 Å². The van der Waals surface area contributed by atoms with E-state index in [1.54, 1.807) is 0 Å². The molecule has 1 aliphatic carbocycles. The molecule has 0 atom stereocenters. The fourth-order valence-electron chi connectivity index (χ4n) is 3.66. The van der Waals surface area contributed by atoms with Crippen LogP contribution in [0.2, 0.25) is 5.02 Å². The topological polar surface area (TPSA) is 12.0 Å². The van der Waals surface area contributed by atoms with Gasteiger partial charge in [0, 0.05) is 16.2 Å². The minimum absolute atomic E-state index is 0.125. The molecule has 0 saturated heterocycles. The molecule has 0 aromatic heterocycles. The first-order valence-electron chi connectivity index (χ1n) is 7.37. The van der Waals surface area contributed by atoms with E-state index in [9.17, 15) is 0 Å². The SMILES string of the molecule is CC1=c2cc3c(cc2NC(C)(C)C1)=Cc1cc(Cl)ccc1-3. The Hall–Kier alpha value is -1.73.